The Morgan fingerprint density at radius 2 is 2.17 bits per heavy atom. The molecular weight excluding hydrogens is 257 g/mol. The predicted molar refractivity (Wildman–Crippen MR) is 68.6 cm³/mol. The third-order valence-electron chi connectivity index (χ3n) is 2.92. The van der Waals surface area contributed by atoms with Gasteiger partial charge in [0.2, 0.25) is 5.91 Å². The average Bonchev–Trinajstić information content (AvgIpc) is 2.37. The van der Waals surface area contributed by atoms with Gasteiger partial charge in [0.25, 0.3) is 0 Å². The summed E-state index contributed by atoms with van der Waals surface area (Å²) in [7, 11) is 0. The Hall–Kier alpha value is -1.13. The van der Waals surface area contributed by atoms with Gasteiger partial charge in [-0.05, 0) is 30.2 Å². The number of amides is 1. The largest absolute Gasteiger partial charge is 0.378 e. The predicted octanol–water partition coefficient (Wildman–Crippen LogP) is 2.36. The third kappa shape index (κ3) is 3.00. The van der Waals surface area contributed by atoms with Crippen LogP contribution in [0.25, 0.3) is 0 Å². The molecule has 3 nitrogen and oxygen atoms in total. The molecule has 0 aromatic heterocycles. The topological polar surface area (TPSA) is 29.5 Å². The van der Waals surface area contributed by atoms with E-state index >= 15 is 0 Å². The number of nitrogens with zero attached hydrogens (tertiary/aromatic N) is 1. The van der Waals surface area contributed by atoms with Crippen LogP contribution in [0.4, 0.5) is 10.1 Å². The van der Waals surface area contributed by atoms with Gasteiger partial charge in [0.1, 0.15) is 5.82 Å². The highest BCUT2D eigenvalue weighted by Gasteiger charge is 2.23. The Bertz CT molecular complexity index is 439. The molecule has 0 N–H and O–H groups in total. The normalized spacial score (nSPS) is 14.8. The van der Waals surface area contributed by atoms with Crippen LogP contribution in [0, 0.1) is 5.82 Å². The average molecular weight is 272 g/mol. The summed E-state index contributed by atoms with van der Waals surface area (Å²) < 4.78 is 18.4. The van der Waals surface area contributed by atoms with E-state index in [0.29, 0.717) is 38.5 Å². The molecule has 18 heavy (non-hydrogen) atoms. The number of benzene rings is 1. The summed E-state index contributed by atoms with van der Waals surface area (Å²) in [5, 5.41) is 0. The van der Waals surface area contributed by atoms with E-state index in [1.807, 2.05) is 0 Å². The third-order valence-corrected chi connectivity index (χ3v) is 3.08. The SMILES string of the molecule is O=C1CCc2cc(F)ccc2N1CCOCCCl. The van der Waals surface area contributed by atoms with E-state index in [9.17, 15) is 9.18 Å². The Kier molecular flexibility index (Phi) is 4.55. The maximum absolute atomic E-state index is 13.1. The highest BCUT2D eigenvalue weighted by atomic mass is 35.5. The van der Waals surface area contributed by atoms with E-state index in [1.54, 1.807) is 11.0 Å². The lowest BCUT2D eigenvalue weighted by Crippen LogP contribution is -2.37. The number of carbonyl (C=O) groups excluding carboxylic acids is 1. The van der Waals surface area contributed by atoms with Crippen LogP contribution in [0.3, 0.4) is 0 Å². The molecule has 1 heterocycles. The van der Waals surface area contributed by atoms with E-state index in [1.165, 1.54) is 12.1 Å². The van der Waals surface area contributed by atoms with E-state index < -0.39 is 0 Å². The molecule has 2 rings (SSSR count). The Morgan fingerprint density at radius 1 is 1.33 bits per heavy atom. The fraction of sp³-hybridized carbons (Fsp3) is 0.462. The smallest absolute Gasteiger partial charge is 0.227 e. The summed E-state index contributed by atoms with van der Waals surface area (Å²) in [6, 6.07) is 4.53. The van der Waals surface area contributed by atoms with Crippen LogP contribution in [0.15, 0.2) is 18.2 Å². The lowest BCUT2D eigenvalue weighted by molar-refractivity contribution is -0.119. The number of anilines is 1. The van der Waals surface area contributed by atoms with Crippen molar-refractivity contribution < 1.29 is 13.9 Å². The first-order valence-electron chi connectivity index (χ1n) is 5.95. The standard InChI is InChI=1S/C13H15ClFNO2/c14-5-7-18-8-6-16-12-3-2-11(15)9-10(12)1-4-13(16)17/h2-3,9H,1,4-8H2. The van der Waals surface area contributed by atoms with Gasteiger partial charge in [-0.15, -0.1) is 11.6 Å². The van der Waals surface area contributed by atoms with Gasteiger partial charge in [-0.3, -0.25) is 4.79 Å². The van der Waals surface area contributed by atoms with Crippen molar-refractivity contribution in [1.82, 2.24) is 0 Å². The minimum atomic E-state index is -0.263. The van der Waals surface area contributed by atoms with Gasteiger partial charge >= 0.3 is 0 Å². The molecule has 0 saturated heterocycles. The van der Waals surface area contributed by atoms with Gasteiger partial charge in [-0.1, -0.05) is 0 Å². The highest BCUT2D eigenvalue weighted by Crippen LogP contribution is 2.28. The van der Waals surface area contributed by atoms with Crippen molar-refractivity contribution in [3.8, 4) is 0 Å². The van der Waals surface area contributed by atoms with Gasteiger partial charge in [0.15, 0.2) is 0 Å². The summed E-state index contributed by atoms with van der Waals surface area (Å²) in [4.78, 5) is 13.5. The first kappa shape index (κ1) is 13.3. The van der Waals surface area contributed by atoms with Crippen molar-refractivity contribution in [2.45, 2.75) is 12.8 Å². The molecule has 0 spiro atoms. The number of halogens is 2. The molecular formula is C13H15ClFNO2. The van der Waals surface area contributed by atoms with Crippen molar-refractivity contribution in [3.05, 3.63) is 29.6 Å². The number of rotatable bonds is 5. The van der Waals surface area contributed by atoms with Gasteiger partial charge in [0, 0.05) is 24.5 Å². The lowest BCUT2D eigenvalue weighted by Gasteiger charge is -2.29. The summed E-state index contributed by atoms with van der Waals surface area (Å²) in [6.07, 6.45) is 1.02. The van der Waals surface area contributed by atoms with Gasteiger partial charge in [-0.25, -0.2) is 4.39 Å². The molecule has 1 aromatic rings. The van der Waals surface area contributed by atoms with Crippen molar-refractivity contribution in [1.29, 1.82) is 0 Å². The second kappa shape index (κ2) is 6.16. The Labute approximate surface area is 110 Å². The number of alkyl halides is 1. The number of aryl methyl sites for hydroxylation is 1. The molecule has 0 bridgehead atoms. The van der Waals surface area contributed by atoms with Gasteiger partial charge < -0.3 is 9.64 Å². The van der Waals surface area contributed by atoms with Crippen LogP contribution in [0.5, 0.6) is 0 Å². The molecule has 0 fully saturated rings. The molecule has 1 aliphatic heterocycles. The van der Waals surface area contributed by atoms with E-state index in [2.05, 4.69) is 0 Å². The minimum Gasteiger partial charge on any atom is -0.378 e. The molecule has 0 aliphatic carbocycles. The second-order valence-electron chi connectivity index (χ2n) is 4.12. The monoisotopic (exact) mass is 271 g/mol. The quantitative estimate of drug-likeness (QED) is 0.608. The summed E-state index contributed by atoms with van der Waals surface area (Å²) in [6.45, 7) is 1.39. The molecule has 0 atom stereocenters. The maximum atomic E-state index is 13.1. The van der Waals surface area contributed by atoms with Crippen LogP contribution >= 0.6 is 11.6 Å². The van der Waals surface area contributed by atoms with E-state index in [4.69, 9.17) is 16.3 Å². The number of carbonyl (C=O) groups is 1. The van der Waals surface area contributed by atoms with Crippen LogP contribution < -0.4 is 4.90 Å². The summed E-state index contributed by atoms with van der Waals surface area (Å²) in [5.41, 5.74) is 1.68. The molecule has 1 aromatic carbocycles. The molecule has 5 heteroatoms. The van der Waals surface area contributed by atoms with E-state index in [-0.39, 0.29) is 11.7 Å². The first-order chi connectivity index (χ1) is 8.72. The molecule has 0 saturated carbocycles. The highest BCUT2D eigenvalue weighted by molar-refractivity contribution is 6.17. The van der Waals surface area contributed by atoms with Crippen LogP contribution in [0.2, 0.25) is 0 Å². The van der Waals surface area contributed by atoms with Crippen molar-refractivity contribution in [3.63, 3.8) is 0 Å². The number of fused-ring (bicyclic) bond motifs is 1. The van der Waals surface area contributed by atoms with Crippen molar-refractivity contribution in [2.75, 3.05) is 30.5 Å². The molecule has 1 amide bonds. The summed E-state index contributed by atoms with van der Waals surface area (Å²) in [5.74, 6) is 0.237. The molecule has 0 unspecified atom stereocenters. The van der Waals surface area contributed by atoms with Crippen LogP contribution in [-0.2, 0) is 16.0 Å². The van der Waals surface area contributed by atoms with Crippen molar-refractivity contribution >= 4 is 23.2 Å². The fourth-order valence-corrected chi connectivity index (χ4v) is 2.20. The minimum absolute atomic E-state index is 0.0589. The fourth-order valence-electron chi connectivity index (χ4n) is 2.09. The lowest BCUT2D eigenvalue weighted by atomic mass is 10.0. The Morgan fingerprint density at radius 3 is 2.94 bits per heavy atom. The second-order valence-corrected chi connectivity index (χ2v) is 4.50. The van der Waals surface area contributed by atoms with Gasteiger partial charge in [-0.2, -0.15) is 0 Å². The summed E-state index contributed by atoms with van der Waals surface area (Å²) >= 11 is 5.50. The molecule has 1 aliphatic rings. The zero-order valence-corrected chi connectivity index (χ0v) is 10.8. The van der Waals surface area contributed by atoms with Crippen LogP contribution in [-0.4, -0.2) is 31.5 Å². The Balaban J connectivity index is 2.08. The first-order valence-corrected chi connectivity index (χ1v) is 6.48. The van der Waals surface area contributed by atoms with E-state index in [0.717, 1.165) is 11.3 Å². The molecule has 0 radical (unpaired) electrons. The van der Waals surface area contributed by atoms with Crippen molar-refractivity contribution in [2.24, 2.45) is 0 Å². The number of hydrogen-bond donors (Lipinski definition) is 0. The number of hydrogen-bond acceptors (Lipinski definition) is 2. The zero-order chi connectivity index (χ0) is 13.0. The van der Waals surface area contributed by atoms with Gasteiger partial charge in [0.05, 0.1) is 13.2 Å². The molecule has 98 valence electrons. The maximum Gasteiger partial charge on any atom is 0.227 e. The van der Waals surface area contributed by atoms with Crippen LogP contribution in [0.1, 0.15) is 12.0 Å². The number of ether oxygens (including phenoxy) is 1. The zero-order valence-electron chi connectivity index (χ0n) is 9.99.